The Morgan fingerprint density at radius 3 is 2.57 bits per heavy atom. The number of hydrogen-bond donors (Lipinski definition) is 1. The molecular formula is C11H22N2S. The highest BCUT2D eigenvalue weighted by molar-refractivity contribution is 8.00. The van der Waals surface area contributed by atoms with E-state index in [1.165, 1.54) is 38.2 Å². The van der Waals surface area contributed by atoms with E-state index in [1.807, 2.05) is 0 Å². The van der Waals surface area contributed by atoms with Crippen LogP contribution in [0.1, 0.15) is 26.7 Å². The first-order valence-electron chi connectivity index (χ1n) is 5.89. The monoisotopic (exact) mass is 214 g/mol. The second-order valence-corrected chi connectivity index (χ2v) is 6.05. The van der Waals surface area contributed by atoms with Gasteiger partial charge in [0, 0.05) is 36.2 Å². The highest BCUT2D eigenvalue weighted by atomic mass is 32.2. The second kappa shape index (κ2) is 4.86. The highest BCUT2D eigenvalue weighted by Crippen LogP contribution is 2.31. The number of nitrogens with zero attached hydrogens (tertiary/aromatic N) is 1. The quantitative estimate of drug-likeness (QED) is 0.764. The van der Waals surface area contributed by atoms with Crippen molar-refractivity contribution in [2.24, 2.45) is 0 Å². The van der Waals surface area contributed by atoms with Gasteiger partial charge in [-0.2, -0.15) is 11.8 Å². The van der Waals surface area contributed by atoms with Gasteiger partial charge in [0.15, 0.2) is 0 Å². The molecule has 0 aromatic carbocycles. The summed E-state index contributed by atoms with van der Waals surface area (Å²) >= 11 is 2.15. The lowest BCUT2D eigenvalue weighted by Gasteiger charge is -2.41. The summed E-state index contributed by atoms with van der Waals surface area (Å²) in [5.74, 6) is 1.36. The normalized spacial score (nSPS) is 33.6. The molecular weight excluding hydrogens is 192 g/mol. The minimum absolute atomic E-state index is 0.839. The van der Waals surface area contributed by atoms with E-state index < -0.39 is 0 Å². The van der Waals surface area contributed by atoms with E-state index in [2.05, 4.69) is 35.8 Å². The van der Waals surface area contributed by atoms with Crippen LogP contribution >= 0.6 is 11.8 Å². The number of rotatable bonds is 4. The average molecular weight is 214 g/mol. The topological polar surface area (TPSA) is 15.3 Å². The van der Waals surface area contributed by atoms with Crippen LogP contribution in [0.4, 0.5) is 0 Å². The smallest absolute Gasteiger partial charge is 0.0348 e. The molecule has 1 N–H and O–H groups in total. The van der Waals surface area contributed by atoms with Crippen LogP contribution in [0.2, 0.25) is 0 Å². The molecule has 2 aliphatic heterocycles. The van der Waals surface area contributed by atoms with E-state index in [9.17, 15) is 0 Å². The van der Waals surface area contributed by atoms with Crippen LogP contribution in [-0.2, 0) is 0 Å². The molecule has 14 heavy (non-hydrogen) atoms. The van der Waals surface area contributed by atoms with Crippen LogP contribution in [0.25, 0.3) is 0 Å². The molecule has 0 spiro atoms. The van der Waals surface area contributed by atoms with Crippen LogP contribution in [0.15, 0.2) is 0 Å². The van der Waals surface area contributed by atoms with Crippen LogP contribution in [-0.4, -0.2) is 47.6 Å². The molecule has 0 aromatic heterocycles. The van der Waals surface area contributed by atoms with Gasteiger partial charge in [-0.05, 0) is 19.4 Å². The Labute approximate surface area is 91.8 Å². The molecule has 0 bridgehead atoms. The zero-order chi connectivity index (χ0) is 9.97. The van der Waals surface area contributed by atoms with E-state index in [0.717, 1.165) is 17.3 Å². The van der Waals surface area contributed by atoms with Crippen molar-refractivity contribution < 1.29 is 0 Å². The summed E-state index contributed by atoms with van der Waals surface area (Å²) in [6, 6.07) is 1.70. The zero-order valence-electron chi connectivity index (χ0n) is 9.33. The lowest BCUT2D eigenvalue weighted by molar-refractivity contribution is 0.104. The van der Waals surface area contributed by atoms with Crippen molar-refractivity contribution in [2.45, 2.75) is 44.0 Å². The molecule has 2 aliphatic rings. The molecule has 2 fully saturated rings. The first-order chi connectivity index (χ1) is 6.81. The van der Waals surface area contributed by atoms with Gasteiger partial charge in [0.1, 0.15) is 0 Å². The van der Waals surface area contributed by atoms with Gasteiger partial charge in [-0.15, -0.1) is 0 Å². The number of thioether (sulfide) groups is 1. The van der Waals surface area contributed by atoms with Crippen molar-refractivity contribution in [2.75, 3.05) is 25.4 Å². The zero-order valence-corrected chi connectivity index (χ0v) is 10.1. The van der Waals surface area contributed by atoms with Gasteiger partial charge in [0.2, 0.25) is 0 Å². The summed E-state index contributed by atoms with van der Waals surface area (Å²) in [5.41, 5.74) is 0. The summed E-state index contributed by atoms with van der Waals surface area (Å²) in [6.45, 7) is 8.40. The van der Waals surface area contributed by atoms with Crippen molar-refractivity contribution in [3.63, 3.8) is 0 Å². The molecule has 2 heterocycles. The van der Waals surface area contributed by atoms with E-state index in [4.69, 9.17) is 0 Å². The number of nitrogens with one attached hydrogen (secondary N) is 1. The lowest BCUT2D eigenvalue weighted by Crippen LogP contribution is -2.60. The first-order valence-corrected chi connectivity index (χ1v) is 6.94. The first kappa shape index (κ1) is 10.8. The van der Waals surface area contributed by atoms with Gasteiger partial charge in [-0.25, -0.2) is 0 Å². The van der Waals surface area contributed by atoms with Gasteiger partial charge < -0.3 is 5.32 Å². The molecule has 3 heteroatoms. The summed E-state index contributed by atoms with van der Waals surface area (Å²) < 4.78 is 0. The van der Waals surface area contributed by atoms with Gasteiger partial charge in [0.05, 0.1) is 0 Å². The molecule has 0 aromatic rings. The van der Waals surface area contributed by atoms with Gasteiger partial charge >= 0.3 is 0 Å². The van der Waals surface area contributed by atoms with Crippen LogP contribution in [0.3, 0.4) is 0 Å². The third-order valence-corrected chi connectivity index (χ3v) is 4.70. The Morgan fingerprint density at radius 2 is 2.14 bits per heavy atom. The molecule has 0 amide bonds. The fourth-order valence-corrected chi connectivity index (χ4v) is 3.69. The van der Waals surface area contributed by atoms with Crippen molar-refractivity contribution in [1.29, 1.82) is 0 Å². The summed E-state index contributed by atoms with van der Waals surface area (Å²) in [4.78, 5) is 2.76. The minimum Gasteiger partial charge on any atom is -0.314 e. The van der Waals surface area contributed by atoms with Crippen molar-refractivity contribution in [1.82, 2.24) is 10.2 Å². The standard InChI is InChI=1S/C11H22N2S/c1-3-4-13(11-6-12-7-11)10-5-9(2)14-8-10/h9-12H,3-8H2,1-2H3. The third kappa shape index (κ3) is 2.26. The molecule has 2 nitrogen and oxygen atoms in total. The van der Waals surface area contributed by atoms with Crippen LogP contribution < -0.4 is 5.32 Å². The Bertz CT molecular complexity index is 182. The van der Waals surface area contributed by atoms with Crippen molar-refractivity contribution in [3.8, 4) is 0 Å². The fraction of sp³-hybridized carbons (Fsp3) is 1.00. The Hall–Kier alpha value is 0.270. The van der Waals surface area contributed by atoms with Gasteiger partial charge in [-0.3, -0.25) is 4.90 Å². The fourth-order valence-electron chi connectivity index (χ4n) is 2.46. The largest absolute Gasteiger partial charge is 0.314 e. The molecule has 2 rings (SSSR count). The molecule has 2 saturated heterocycles. The molecule has 0 saturated carbocycles. The van der Waals surface area contributed by atoms with E-state index in [-0.39, 0.29) is 0 Å². The summed E-state index contributed by atoms with van der Waals surface area (Å²) in [6.07, 6.45) is 2.70. The summed E-state index contributed by atoms with van der Waals surface area (Å²) in [5, 5.41) is 4.27. The van der Waals surface area contributed by atoms with Gasteiger partial charge in [0.25, 0.3) is 0 Å². The second-order valence-electron chi connectivity index (χ2n) is 4.58. The van der Waals surface area contributed by atoms with E-state index in [0.29, 0.717) is 0 Å². The average Bonchev–Trinajstić information content (AvgIpc) is 2.48. The Kier molecular flexibility index (Phi) is 3.74. The highest BCUT2D eigenvalue weighted by Gasteiger charge is 2.33. The van der Waals surface area contributed by atoms with Gasteiger partial charge in [-0.1, -0.05) is 13.8 Å². The predicted octanol–water partition coefficient (Wildman–Crippen LogP) is 1.56. The lowest BCUT2D eigenvalue weighted by atomic mass is 10.0. The van der Waals surface area contributed by atoms with Crippen LogP contribution in [0.5, 0.6) is 0 Å². The van der Waals surface area contributed by atoms with Crippen LogP contribution in [0, 0.1) is 0 Å². The minimum atomic E-state index is 0.839. The SMILES string of the molecule is CCCN(C1CNC1)C1CSC(C)C1. The Morgan fingerprint density at radius 1 is 1.36 bits per heavy atom. The third-order valence-electron chi connectivity index (χ3n) is 3.36. The molecule has 0 aliphatic carbocycles. The maximum atomic E-state index is 3.39. The predicted molar refractivity (Wildman–Crippen MR) is 64.0 cm³/mol. The van der Waals surface area contributed by atoms with Crippen molar-refractivity contribution in [3.05, 3.63) is 0 Å². The molecule has 82 valence electrons. The number of hydrogen-bond acceptors (Lipinski definition) is 3. The Balaban J connectivity index is 1.88. The molecule has 2 unspecified atom stereocenters. The molecule has 2 atom stereocenters. The van der Waals surface area contributed by atoms with E-state index >= 15 is 0 Å². The van der Waals surface area contributed by atoms with E-state index in [1.54, 1.807) is 0 Å². The summed E-state index contributed by atoms with van der Waals surface area (Å²) in [7, 11) is 0. The maximum Gasteiger partial charge on any atom is 0.0348 e. The maximum absolute atomic E-state index is 3.39. The van der Waals surface area contributed by atoms with Crippen molar-refractivity contribution >= 4 is 11.8 Å². The molecule has 0 radical (unpaired) electrons.